The molecule has 1 atom stereocenters. The van der Waals surface area contributed by atoms with E-state index in [-0.39, 0.29) is 11.7 Å². The summed E-state index contributed by atoms with van der Waals surface area (Å²) in [6, 6.07) is 4.07. The molecule has 6 heteroatoms. The Labute approximate surface area is 142 Å². The first-order valence-corrected chi connectivity index (χ1v) is 8.39. The lowest BCUT2D eigenvalue weighted by Crippen LogP contribution is -2.53. The van der Waals surface area contributed by atoms with Gasteiger partial charge in [0, 0.05) is 31.7 Å². The second kappa shape index (κ2) is 7.75. The first kappa shape index (κ1) is 18.4. The minimum absolute atomic E-state index is 0.0317. The number of nitrogens with two attached hydrogens (primary N) is 1. The van der Waals surface area contributed by atoms with Gasteiger partial charge in [-0.3, -0.25) is 9.59 Å². The third-order valence-corrected chi connectivity index (χ3v) is 4.33. The van der Waals surface area contributed by atoms with Crippen LogP contribution in [-0.2, 0) is 4.79 Å². The Kier molecular flexibility index (Phi) is 5.94. The molecule has 0 radical (unpaired) electrons. The van der Waals surface area contributed by atoms with Crippen LogP contribution in [0.25, 0.3) is 0 Å². The summed E-state index contributed by atoms with van der Waals surface area (Å²) in [6.07, 6.45) is 0.667. The highest BCUT2D eigenvalue weighted by atomic mass is 19.1. The molecule has 1 aromatic carbocycles. The van der Waals surface area contributed by atoms with Gasteiger partial charge in [0.25, 0.3) is 0 Å². The summed E-state index contributed by atoms with van der Waals surface area (Å²) in [4.78, 5) is 27.3. The van der Waals surface area contributed by atoms with Crippen LogP contribution < -0.4 is 10.6 Å². The number of carbonyl (C=O) groups is 2. The summed E-state index contributed by atoms with van der Waals surface area (Å²) >= 11 is 0. The molecule has 1 heterocycles. The second-order valence-corrected chi connectivity index (χ2v) is 6.77. The summed E-state index contributed by atoms with van der Waals surface area (Å²) in [7, 11) is 0. The Morgan fingerprint density at radius 1 is 1.21 bits per heavy atom. The highest BCUT2D eigenvalue weighted by Gasteiger charge is 2.26. The van der Waals surface area contributed by atoms with Crippen LogP contribution in [0.1, 0.15) is 37.6 Å². The number of piperazine rings is 1. The summed E-state index contributed by atoms with van der Waals surface area (Å²) < 4.78 is 14.2. The average Bonchev–Trinajstić information content (AvgIpc) is 2.53. The molecule has 2 rings (SSSR count). The van der Waals surface area contributed by atoms with Crippen LogP contribution in [0.4, 0.5) is 10.1 Å². The van der Waals surface area contributed by atoms with Crippen LogP contribution in [0.15, 0.2) is 18.2 Å². The lowest BCUT2D eigenvalue weighted by Gasteiger charge is -2.37. The molecule has 0 spiro atoms. The second-order valence-electron chi connectivity index (χ2n) is 6.77. The van der Waals surface area contributed by atoms with Crippen LogP contribution in [0, 0.1) is 11.7 Å². The van der Waals surface area contributed by atoms with Gasteiger partial charge in [-0.2, -0.15) is 0 Å². The largest absolute Gasteiger partial charge is 0.366 e. The fourth-order valence-electron chi connectivity index (χ4n) is 2.99. The number of rotatable bonds is 5. The standard InChI is InChI=1S/C18H26FN3O2/c1-12(2)10-16(20)18(24)22-8-6-21(7-9-22)17-5-4-14(13(3)23)11-15(17)19/h4-5,11-12,16H,6-10,20H2,1-3H3/t16-/m0/s1. The summed E-state index contributed by atoms with van der Waals surface area (Å²) in [6.45, 7) is 7.65. The van der Waals surface area contributed by atoms with Gasteiger partial charge in [-0.25, -0.2) is 4.39 Å². The smallest absolute Gasteiger partial charge is 0.239 e. The Bertz CT molecular complexity index is 610. The molecule has 132 valence electrons. The predicted molar refractivity (Wildman–Crippen MR) is 92.6 cm³/mol. The number of ketones is 1. The molecule has 1 amide bonds. The normalized spacial score (nSPS) is 16.4. The van der Waals surface area contributed by atoms with Crippen molar-refractivity contribution in [3.63, 3.8) is 0 Å². The number of hydrogen-bond donors (Lipinski definition) is 1. The summed E-state index contributed by atoms with van der Waals surface area (Å²) in [5.41, 5.74) is 6.80. The van der Waals surface area contributed by atoms with E-state index in [9.17, 15) is 14.0 Å². The topological polar surface area (TPSA) is 66.6 Å². The molecule has 1 aromatic rings. The van der Waals surface area contributed by atoms with Gasteiger partial charge in [0.05, 0.1) is 11.7 Å². The minimum Gasteiger partial charge on any atom is -0.366 e. The number of nitrogens with zero attached hydrogens (tertiary/aromatic N) is 2. The van der Waals surface area contributed by atoms with Crippen molar-refractivity contribution in [2.75, 3.05) is 31.1 Å². The molecule has 0 saturated carbocycles. The van der Waals surface area contributed by atoms with Crippen LogP contribution in [0.2, 0.25) is 0 Å². The molecular formula is C18H26FN3O2. The van der Waals surface area contributed by atoms with E-state index in [0.29, 0.717) is 49.8 Å². The van der Waals surface area contributed by atoms with Crippen molar-refractivity contribution in [1.29, 1.82) is 0 Å². The average molecular weight is 335 g/mol. The van der Waals surface area contributed by atoms with E-state index < -0.39 is 11.9 Å². The van der Waals surface area contributed by atoms with Crippen LogP contribution >= 0.6 is 0 Å². The number of hydrogen-bond acceptors (Lipinski definition) is 4. The van der Waals surface area contributed by atoms with E-state index in [1.807, 2.05) is 18.7 Å². The summed E-state index contributed by atoms with van der Waals surface area (Å²) in [5, 5.41) is 0. The zero-order valence-electron chi connectivity index (χ0n) is 14.6. The molecule has 2 N–H and O–H groups in total. The zero-order chi connectivity index (χ0) is 17.9. The molecule has 1 saturated heterocycles. The van der Waals surface area contributed by atoms with Gasteiger partial charge in [-0.05, 0) is 37.5 Å². The van der Waals surface area contributed by atoms with Crippen LogP contribution in [0.3, 0.4) is 0 Å². The van der Waals surface area contributed by atoms with Crippen LogP contribution in [0.5, 0.6) is 0 Å². The van der Waals surface area contributed by atoms with E-state index in [0.717, 1.165) is 0 Å². The fourth-order valence-corrected chi connectivity index (χ4v) is 2.99. The van der Waals surface area contributed by atoms with Crippen molar-refractivity contribution in [2.24, 2.45) is 11.7 Å². The van der Waals surface area contributed by atoms with Crippen molar-refractivity contribution in [3.05, 3.63) is 29.6 Å². The van der Waals surface area contributed by atoms with Gasteiger partial charge in [0.1, 0.15) is 5.82 Å². The van der Waals surface area contributed by atoms with Crippen molar-refractivity contribution < 1.29 is 14.0 Å². The number of Topliss-reactive ketones (excluding diaryl/α,β-unsaturated/α-hetero) is 1. The van der Waals surface area contributed by atoms with Crippen LogP contribution in [-0.4, -0.2) is 48.8 Å². The van der Waals surface area contributed by atoms with Gasteiger partial charge in [-0.15, -0.1) is 0 Å². The molecule has 24 heavy (non-hydrogen) atoms. The maximum Gasteiger partial charge on any atom is 0.239 e. The Morgan fingerprint density at radius 2 is 1.83 bits per heavy atom. The van der Waals surface area contributed by atoms with E-state index >= 15 is 0 Å². The third-order valence-electron chi connectivity index (χ3n) is 4.33. The van der Waals surface area contributed by atoms with Gasteiger partial charge in [-0.1, -0.05) is 13.8 Å². The van der Waals surface area contributed by atoms with Gasteiger partial charge < -0.3 is 15.5 Å². The Balaban J connectivity index is 1.98. The Morgan fingerprint density at radius 3 is 2.33 bits per heavy atom. The number of anilines is 1. The molecule has 0 aliphatic carbocycles. The highest BCUT2D eigenvalue weighted by Crippen LogP contribution is 2.22. The minimum atomic E-state index is -0.469. The number of halogens is 1. The van der Waals surface area contributed by atoms with E-state index in [2.05, 4.69) is 0 Å². The van der Waals surface area contributed by atoms with Crippen molar-refractivity contribution in [3.8, 4) is 0 Å². The van der Waals surface area contributed by atoms with E-state index in [1.54, 1.807) is 17.0 Å². The van der Waals surface area contributed by atoms with E-state index in [4.69, 9.17) is 5.73 Å². The lowest BCUT2D eigenvalue weighted by molar-refractivity contribution is -0.133. The molecule has 1 aliphatic heterocycles. The van der Waals surface area contributed by atoms with Gasteiger partial charge >= 0.3 is 0 Å². The highest BCUT2D eigenvalue weighted by molar-refractivity contribution is 5.94. The quantitative estimate of drug-likeness (QED) is 0.837. The first-order chi connectivity index (χ1) is 11.3. The van der Waals surface area contributed by atoms with Crippen molar-refractivity contribution in [1.82, 2.24) is 4.90 Å². The number of benzene rings is 1. The summed E-state index contributed by atoms with van der Waals surface area (Å²) in [5.74, 6) is -0.219. The van der Waals surface area contributed by atoms with Crippen molar-refractivity contribution in [2.45, 2.75) is 33.2 Å². The zero-order valence-corrected chi connectivity index (χ0v) is 14.6. The SMILES string of the molecule is CC(=O)c1ccc(N2CCN(C(=O)[C@@H](N)CC(C)C)CC2)c(F)c1. The lowest BCUT2D eigenvalue weighted by atomic mass is 10.0. The Hall–Kier alpha value is -1.95. The number of amides is 1. The molecule has 1 aliphatic rings. The fraction of sp³-hybridized carbons (Fsp3) is 0.556. The number of carbonyl (C=O) groups excluding carboxylic acids is 2. The maximum atomic E-state index is 14.2. The van der Waals surface area contributed by atoms with Crippen molar-refractivity contribution >= 4 is 17.4 Å². The molecular weight excluding hydrogens is 309 g/mol. The van der Waals surface area contributed by atoms with Gasteiger partial charge in [0.15, 0.2) is 5.78 Å². The molecule has 1 fully saturated rings. The monoisotopic (exact) mass is 335 g/mol. The predicted octanol–water partition coefficient (Wildman–Crippen LogP) is 2.05. The molecule has 0 bridgehead atoms. The third kappa shape index (κ3) is 4.32. The molecule has 0 aromatic heterocycles. The van der Waals surface area contributed by atoms with Gasteiger partial charge in [0.2, 0.25) is 5.91 Å². The molecule has 5 nitrogen and oxygen atoms in total. The molecule has 0 unspecified atom stereocenters. The first-order valence-electron chi connectivity index (χ1n) is 8.39. The maximum absolute atomic E-state index is 14.2. The van der Waals surface area contributed by atoms with E-state index in [1.165, 1.54) is 13.0 Å².